The van der Waals surface area contributed by atoms with Crippen molar-refractivity contribution in [2.75, 3.05) is 40.1 Å². The number of benzene rings is 1. The summed E-state index contributed by atoms with van der Waals surface area (Å²) in [5.41, 5.74) is 8.91. The molecule has 0 radical (unpaired) electrons. The Morgan fingerprint density at radius 2 is 1.96 bits per heavy atom. The zero-order valence-electron chi connectivity index (χ0n) is 14.3. The zero-order chi connectivity index (χ0) is 16.8. The van der Waals surface area contributed by atoms with Gasteiger partial charge in [-0.15, -0.1) is 0 Å². The molecule has 0 aliphatic rings. The van der Waals surface area contributed by atoms with Crippen molar-refractivity contribution < 1.29 is 14.5 Å². The maximum absolute atomic E-state index is 5.94. The number of nitrogens with two attached hydrogens (primary N) is 1. The van der Waals surface area contributed by atoms with Crippen LogP contribution in [0.4, 0.5) is 5.82 Å². The van der Waals surface area contributed by atoms with Gasteiger partial charge >= 0.3 is 0 Å². The molecule has 0 unspecified atom stereocenters. The number of aromatic nitrogens is 1. The molecule has 124 valence electrons. The second-order valence-corrected chi connectivity index (χ2v) is 5.69. The summed E-state index contributed by atoms with van der Waals surface area (Å²) in [7, 11) is 5.73. The molecule has 3 N–H and O–H groups in total. The Balaban J connectivity index is 2.37. The van der Waals surface area contributed by atoms with Crippen LogP contribution in [0.15, 0.2) is 30.3 Å². The lowest BCUT2D eigenvalue weighted by molar-refractivity contribution is -0.346. The molecule has 5 heteroatoms. The van der Waals surface area contributed by atoms with Gasteiger partial charge in [-0.05, 0) is 44.3 Å². The number of aromatic amines is 1. The van der Waals surface area contributed by atoms with E-state index in [4.69, 9.17) is 15.2 Å². The first kappa shape index (κ1) is 17.1. The molecule has 0 atom stereocenters. The molecule has 1 aromatic carbocycles. The van der Waals surface area contributed by atoms with Gasteiger partial charge in [0.2, 0.25) is 0 Å². The number of ether oxygens (including phenoxy) is 2. The highest BCUT2D eigenvalue weighted by atomic mass is 16.5. The average molecular weight is 316 g/mol. The second-order valence-electron chi connectivity index (χ2n) is 5.69. The van der Waals surface area contributed by atoms with Crippen LogP contribution in [0.5, 0.6) is 11.5 Å². The fourth-order valence-electron chi connectivity index (χ4n) is 2.38. The SMILES string of the molecule is CCc1cc(-c2cccc(N)[nH+]2)c(OC)cc1OCCN(C)C. The molecule has 0 saturated heterocycles. The number of nitrogens with one attached hydrogen (secondary N) is 1. The molecule has 0 amide bonds. The maximum atomic E-state index is 5.94. The third kappa shape index (κ3) is 4.36. The van der Waals surface area contributed by atoms with Crippen molar-refractivity contribution in [3.63, 3.8) is 0 Å². The van der Waals surface area contributed by atoms with E-state index in [1.54, 1.807) is 7.11 Å². The normalized spacial score (nSPS) is 10.8. The minimum Gasteiger partial charge on any atom is -0.496 e. The summed E-state index contributed by atoms with van der Waals surface area (Å²) in [5, 5.41) is 0. The molecule has 1 aromatic heterocycles. The quantitative estimate of drug-likeness (QED) is 0.851. The highest BCUT2D eigenvalue weighted by molar-refractivity contribution is 5.68. The van der Waals surface area contributed by atoms with E-state index in [-0.39, 0.29) is 0 Å². The predicted molar refractivity (Wildman–Crippen MR) is 92.8 cm³/mol. The summed E-state index contributed by atoms with van der Waals surface area (Å²) in [6, 6.07) is 9.80. The number of nitrogen functional groups attached to an aromatic ring is 1. The predicted octanol–water partition coefficient (Wildman–Crippen LogP) is 2.26. The molecule has 1 heterocycles. The first-order valence-electron chi connectivity index (χ1n) is 7.81. The average Bonchev–Trinajstić information content (AvgIpc) is 2.54. The Hall–Kier alpha value is -2.27. The third-order valence-electron chi connectivity index (χ3n) is 3.67. The molecule has 2 rings (SSSR count). The Kier molecular flexibility index (Phi) is 5.82. The fourth-order valence-corrected chi connectivity index (χ4v) is 2.38. The van der Waals surface area contributed by atoms with Gasteiger partial charge < -0.3 is 14.4 Å². The number of H-pyrrole nitrogens is 1. The number of methoxy groups -OCH3 is 1. The fraction of sp³-hybridized carbons (Fsp3) is 0.389. The van der Waals surface area contributed by atoms with Crippen LogP contribution in [0.2, 0.25) is 0 Å². The molecular weight excluding hydrogens is 290 g/mol. The zero-order valence-corrected chi connectivity index (χ0v) is 14.3. The highest BCUT2D eigenvalue weighted by Gasteiger charge is 2.15. The molecule has 0 saturated carbocycles. The standard InChI is InChI=1S/C18H25N3O2/c1-5-13-11-14(15-7-6-8-18(19)20-15)17(22-4)12-16(13)23-10-9-21(2)3/h6-8,11-12H,5,9-10H2,1-4H3,(H2,19,20)/p+1. The smallest absolute Gasteiger partial charge is 0.270 e. The number of rotatable bonds is 7. The monoisotopic (exact) mass is 316 g/mol. The van der Waals surface area contributed by atoms with Gasteiger partial charge in [0.15, 0.2) is 0 Å². The van der Waals surface area contributed by atoms with E-state index in [0.717, 1.165) is 41.3 Å². The van der Waals surface area contributed by atoms with Gasteiger partial charge in [0, 0.05) is 18.7 Å². The number of likely N-dealkylation sites (N-methyl/N-ethyl adjacent to an activating group) is 1. The molecule has 23 heavy (non-hydrogen) atoms. The van der Waals surface area contributed by atoms with Crippen molar-refractivity contribution in [3.05, 3.63) is 35.9 Å². The van der Waals surface area contributed by atoms with Crippen LogP contribution in [0.25, 0.3) is 11.3 Å². The molecule has 0 aliphatic carbocycles. The van der Waals surface area contributed by atoms with Gasteiger partial charge in [-0.1, -0.05) is 6.92 Å². The van der Waals surface area contributed by atoms with Crippen molar-refractivity contribution in [1.82, 2.24) is 4.90 Å². The van der Waals surface area contributed by atoms with Gasteiger partial charge in [-0.2, -0.15) is 0 Å². The molecular formula is C18H26N3O2+. The summed E-state index contributed by atoms with van der Waals surface area (Å²) >= 11 is 0. The highest BCUT2D eigenvalue weighted by Crippen LogP contribution is 2.35. The van der Waals surface area contributed by atoms with E-state index in [1.165, 1.54) is 0 Å². The van der Waals surface area contributed by atoms with Crippen LogP contribution in [0, 0.1) is 0 Å². The number of pyridine rings is 1. The number of hydrogen-bond acceptors (Lipinski definition) is 4. The molecule has 0 bridgehead atoms. The van der Waals surface area contributed by atoms with E-state index < -0.39 is 0 Å². The molecule has 5 nitrogen and oxygen atoms in total. The Labute approximate surface area is 138 Å². The Morgan fingerprint density at radius 1 is 1.17 bits per heavy atom. The first-order valence-corrected chi connectivity index (χ1v) is 7.81. The van der Waals surface area contributed by atoms with Crippen LogP contribution in [0.1, 0.15) is 12.5 Å². The van der Waals surface area contributed by atoms with Crippen LogP contribution in [0.3, 0.4) is 0 Å². The second kappa shape index (κ2) is 7.83. The summed E-state index contributed by atoms with van der Waals surface area (Å²) in [6.45, 7) is 3.64. The van der Waals surface area contributed by atoms with Gasteiger partial charge in [0.25, 0.3) is 5.82 Å². The molecule has 0 aliphatic heterocycles. The minimum atomic E-state index is 0.619. The van der Waals surface area contributed by atoms with Crippen molar-refractivity contribution in [1.29, 1.82) is 0 Å². The van der Waals surface area contributed by atoms with Crippen molar-refractivity contribution >= 4 is 5.82 Å². The maximum Gasteiger partial charge on any atom is 0.270 e. The van der Waals surface area contributed by atoms with E-state index in [0.29, 0.717) is 12.4 Å². The summed E-state index contributed by atoms with van der Waals surface area (Å²) < 4.78 is 11.5. The number of aryl methyl sites for hydroxylation is 1. The van der Waals surface area contributed by atoms with Crippen LogP contribution >= 0.6 is 0 Å². The summed E-state index contributed by atoms with van der Waals surface area (Å²) in [4.78, 5) is 5.27. The summed E-state index contributed by atoms with van der Waals surface area (Å²) in [5.74, 6) is 2.26. The first-order chi connectivity index (χ1) is 11.0. The van der Waals surface area contributed by atoms with E-state index in [1.807, 2.05) is 38.4 Å². The number of anilines is 1. The number of hydrogen-bond donors (Lipinski definition) is 1. The van der Waals surface area contributed by atoms with Crippen LogP contribution < -0.4 is 20.2 Å². The molecule has 2 aromatic rings. The lowest BCUT2D eigenvalue weighted by Crippen LogP contribution is -2.19. The van der Waals surface area contributed by atoms with Crippen molar-refractivity contribution in [2.45, 2.75) is 13.3 Å². The third-order valence-corrected chi connectivity index (χ3v) is 3.67. The van der Waals surface area contributed by atoms with Crippen molar-refractivity contribution in [2.24, 2.45) is 0 Å². The minimum absolute atomic E-state index is 0.619. The van der Waals surface area contributed by atoms with Gasteiger partial charge in [0.05, 0.1) is 12.7 Å². The lowest BCUT2D eigenvalue weighted by atomic mass is 10.0. The van der Waals surface area contributed by atoms with Crippen LogP contribution in [-0.2, 0) is 6.42 Å². The van der Waals surface area contributed by atoms with E-state index in [9.17, 15) is 0 Å². The lowest BCUT2D eigenvalue weighted by Gasteiger charge is -2.16. The van der Waals surface area contributed by atoms with Gasteiger partial charge in [-0.3, -0.25) is 5.73 Å². The molecule has 0 spiro atoms. The van der Waals surface area contributed by atoms with Gasteiger partial charge in [0.1, 0.15) is 23.8 Å². The summed E-state index contributed by atoms with van der Waals surface area (Å²) in [6.07, 6.45) is 0.886. The topological polar surface area (TPSA) is 61.9 Å². The Morgan fingerprint density at radius 3 is 2.57 bits per heavy atom. The van der Waals surface area contributed by atoms with Crippen LogP contribution in [-0.4, -0.2) is 39.3 Å². The van der Waals surface area contributed by atoms with E-state index in [2.05, 4.69) is 22.9 Å². The van der Waals surface area contributed by atoms with Gasteiger partial charge in [-0.25, -0.2) is 4.98 Å². The Bertz CT molecular complexity index is 657. The molecule has 0 fully saturated rings. The largest absolute Gasteiger partial charge is 0.496 e. The van der Waals surface area contributed by atoms with Crippen molar-refractivity contribution in [3.8, 4) is 22.8 Å². The van der Waals surface area contributed by atoms with E-state index >= 15 is 0 Å². The number of nitrogens with zero attached hydrogens (tertiary/aromatic N) is 1.